The minimum absolute atomic E-state index is 0.247. The van der Waals surface area contributed by atoms with Crippen LogP contribution >= 0.6 is 15.9 Å². The standard InChI is InChI=1S/C12H16BrNO/c13-10-6-4-8(5-7-10)11(14)12(15)9-2-1-3-9/h4-7,9,11-12,15H,1-3,14H2/t11-,12+/m0/s1. The normalized spacial score (nSPS) is 20.7. The minimum atomic E-state index is -0.389. The number of halogens is 1. The summed E-state index contributed by atoms with van der Waals surface area (Å²) < 4.78 is 1.04. The number of hydrogen-bond donors (Lipinski definition) is 2. The van der Waals surface area contributed by atoms with Gasteiger partial charge in [0, 0.05) is 4.47 Å². The van der Waals surface area contributed by atoms with Crippen molar-refractivity contribution in [2.45, 2.75) is 31.4 Å². The van der Waals surface area contributed by atoms with E-state index in [4.69, 9.17) is 5.73 Å². The average molecular weight is 270 g/mol. The summed E-state index contributed by atoms with van der Waals surface area (Å²) in [5, 5.41) is 10.0. The molecule has 0 unspecified atom stereocenters. The summed E-state index contributed by atoms with van der Waals surface area (Å²) in [6, 6.07) is 7.61. The van der Waals surface area contributed by atoms with E-state index in [1.807, 2.05) is 24.3 Å². The molecule has 0 aliphatic heterocycles. The van der Waals surface area contributed by atoms with Crippen molar-refractivity contribution in [2.24, 2.45) is 11.7 Å². The van der Waals surface area contributed by atoms with E-state index in [1.54, 1.807) is 0 Å². The molecular formula is C12H16BrNO. The van der Waals surface area contributed by atoms with Crippen LogP contribution in [0, 0.1) is 5.92 Å². The maximum atomic E-state index is 10.0. The highest BCUT2D eigenvalue weighted by Gasteiger charge is 2.30. The maximum Gasteiger partial charge on any atom is 0.0760 e. The zero-order valence-corrected chi connectivity index (χ0v) is 10.2. The van der Waals surface area contributed by atoms with Crippen LogP contribution in [0.25, 0.3) is 0 Å². The third kappa shape index (κ3) is 2.41. The largest absolute Gasteiger partial charge is 0.391 e. The summed E-state index contributed by atoms with van der Waals surface area (Å²) in [4.78, 5) is 0. The van der Waals surface area contributed by atoms with Crippen LogP contribution in [-0.4, -0.2) is 11.2 Å². The fourth-order valence-electron chi connectivity index (χ4n) is 1.96. The fraction of sp³-hybridized carbons (Fsp3) is 0.500. The molecule has 82 valence electrons. The van der Waals surface area contributed by atoms with Gasteiger partial charge in [-0.25, -0.2) is 0 Å². The lowest BCUT2D eigenvalue weighted by Gasteiger charge is -2.33. The van der Waals surface area contributed by atoms with Crippen molar-refractivity contribution in [3.63, 3.8) is 0 Å². The molecule has 0 spiro atoms. The topological polar surface area (TPSA) is 46.2 Å². The molecule has 1 aromatic rings. The number of benzene rings is 1. The Morgan fingerprint density at radius 1 is 1.27 bits per heavy atom. The first-order chi connectivity index (χ1) is 7.18. The van der Waals surface area contributed by atoms with Crippen LogP contribution in [-0.2, 0) is 0 Å². The van der Waals surface area contributed by atoms with Crippen molar-refractivity contribution in [1.29, 1.82) is 0 Å². The van der Waals surface area contributed by atoms with E-state index in [2.05, 4.69) is 15.9 Å². The van der Waals surface area contributed by atoms with Crippen molar-refractivity contribution in [1.82, 2.24) is 0 Å². The van der Waals surface area contributed by atoms with Gasteiger partial charge in [0.1, 0.15) is 0 Å². The van der Waals surface area contributed by atoms with Crippen molar-refractivity contribution in [3.8, 4) is 0 Å². The van der Waals surface area contributed by atoms with E-state index in [0.29, 0.717) is 5.92 Å². The number of hydrogen-bond acceptors (Lipinski definition) is 2. The smallest absolute Gasteiger partial charge is 0.0760 e. The molecule has 15 heavy (non-hydrogen) atoms. The summed E-state index contributed by atoms with van der Waals surface area (Å²) in [6.45, 7) is 0. The number of rotatable bonds is 3. The van der Waals surface area contributed by atoms with Crippen molar-refractivity contribution in [2.75, 3.05) is 0 Å². The predicted octanol–water partition coefficient (Wildman–Crippen LogP) is 2.61. The molecule has 1 aliphatic rings. The lowest BCUT2D eigenvalue weighted by molar-refractivity contribution is 0.0414. The first-order valence-electron chi connectivity index (χ1n) is 5.37. The lowest BCUT2D eigenvalue weighted by Crippen LogP contribution is -2.36. The highest BCUT2D eigenvalue weighted by atomic mass is 79.9. The van der Waals surface area contributed by atoms with E-state index < -0.39 is 0 Å². The Kier molecular flexibility index (Phi) is 3.44. The molecule has 2 atom stereocenters. The van der Waals surface area contributed by atoms with Crippen LogP contribution in [0.4, 0.5) is 0 Å². The molecule has 1 aromatic carbocycles. The molecular weight excluding hydrogens is 254 g/mol. The van der Waals surface area contributed by atoms with Crippen LogP contribution in [0.2, 0.25) is 0 Å². The average Bonchev–Trinajstić information content (AvgIpc) is 2.15. The van der Waals surface area contributed by atoms with Crippen LogP contribution < -0.4 is 5.73 Å². The third-order valence-corrected chi connectivity index (χ3v) is 3.78. The van der Waals surface area contributed by atoms with E-state index in [9.17, 15) is 5.11 Å². The summed E-state index contributed by atoms with van der Waals surface area (Å²) in [5.74, 6) is 0.406. The lowest BCUT2D eigenvalue weighted by atomic mass is 9.77. The Morgan fingerprint density at radius 3 is 2.33 bits per heavy atom. The fourth-order valence-corrected chi connectivity index (χ4v) is 2.22. The van der Waals surface area contributed by atoms with Crippen LogP contribution in [0.15, 0.2) is 28.7 Å². The van der Waals surface area contributed by atoms with Crippen molar-refractivity contribution < 1.29 is 5.11 Å². The zero-order chi connectivity index (χ0) is 10.8. The minimum Gasteiger partial charge on any atom is -0.391 e. The SMILES string of the molecule is N[C@@H](c1ccc(Br)cc1)[C@H](O)C1CCC1. The maximum absolute atomic E-state index is 10.0. The predicted molar refractivity (Wildman–Crippen MR) is 64.4 cm³/mol. The van der Waals surface area contributed by atoms with E-state index >= 15 is 0 Å². The second-order valence-electron chi connectivity index (χ2n) is 4.26. The Labute approximate surface area is 98.6 Å². The van der Waals surface area contributed by atoms with Gasteiger partial charge in [0.15, 0.2) is 0 Å². The number of aliphatic hydroxyl groups excluding tert-OH is 1. The summed E-state index contributed by atoms with van der Waals surface area (Å²) in [5.41, 5.74) is 7.05. The molecule has 1 fully saturated rings. The summed E-state index contributed by atoms with van der Waals surface area (Å²) in [7, 11) is 0. The molecule has 2 rings (SSSR count). The second-order valence-corrected chi connectivity index (χ2v) is 5.17. The van der Waals surface area contributed by atoms with Crippen LogP contribution in [0.3, 0.4) is 0 Å². The highest BCUT2D eigenvalue weighted by Crippen LogP contribution is 2.34. The van der Waals surface area contributed by atoms with Gasteiger partial charge in [-0.2, -0.15) is 0 Å². The number of nitrogens with two attached hydrogens (primary N) is 1. The van der Waals surface area contributed by atoms with Crippen LogP contribution in [0.5, 0.6) is 0 Å². The third-order valence-electron chi connectivity index (χ3n) is 3.26. The molecule has 0 heterocycles. The zero-order valence-electron chi connectivity index (χ0n) is 8.57. The van der Waals surface area contributed by atoms with Gasteiger partial charge in [0.25, 0.3) is 0 Å². The second kappa shape index (κ2) is 4.64. The van der Waals surface area contributed by atoms with E-state index in [1.165, 1.54) is 6.42 Å². The van der Waals surface area contributed by atoms with Gasteiger partial charge in [-0.3, -0.25) is 0 Å². The van der Waals surface area contributed by atoms with Gasteiger partial charge in [-0.15, -0.1) is 0 Å². The Hall–Kier alpha value is -0.380. The van der Waals surface area contributed by atoms with Gasteiger partial charge < -0.3 is 10.8 Å². The Morgan fingerprint density at radius 2 is 1.87 bits per heavy atom. The van der Waals surface area contributed by atoms with Crippen molar-refractivity contribution in [3.05, 3.63) is 34.3 Å². The van der Waals surface area contributed by atoms with Gasteiger partial charge in [-0.05, 0) is 36.5 Å². The van der Waals surface area contributed by atoms with Gasteiger partial charge in [-0.1, -0.05) is 34.5 Å². The first kappa shape index (κ1) is 11.1. The molecule has 3 heteroatoms. The molecule has 0 radical (unpaired) electrons. The highest BCUT2D eigenvalue weighted by molar-refractivity contribution is 9.10. The molecule has 0 amide bonds. The monoisotopic (exact) mass is 269 g/mol. The van der Waals surface area contributed by atoms with Crippen molar-refractivity contribution >= 4 is 15.9 Å². The van der Waals surface area contributed by atoms with Gasteiger partial charge in [0.05, 0.1) is 12.1 Å². The van der Waals surface area contributed by atoms with Crippen LogP contribution in [0.1, 0.15) is 30.9 Å². The van der Waals surface area contributed by atoms with E-state index in [-0.39, 0.29) is 12.1 Å². The molecule has 0 saturated heterocycles. The molecule has 1 saturated carbocycles. The Bertz CT molecular complexity index is 321. The quantitative estimate of drug-likeness (QED) is 0.886. The van der Waals surface area contributed by atoms with Gasteiger partial charge in [0.2, 0.25) is 0 Å². The van der Waals surface area contributed by atoms with Gasteiger partial charge >= 0.3 is 0 Å². The molecule has 3 N–H and O–H groups in total. The first-order valence-corrected chi connectivity index (χ1v) is 6.17. The molecule has 0 bridgehead atoms. The summed E-state index contributed by atoms with van der Waals surface area (Å²) in [6.07, 6.45) is 3.07. The molecule has 1 aliphatic carbocycles. The van der Waals surface area contributed by atoms with E-state index in [0.717, 1.165) is 22.9 Å². The Balaban J connectivity index is 2.05. The summed E-state index contributed by atoms with van der Waals surface area (Å²) >= 11 is 3.38. The number of aliphatic hydroxyl groups is 1. The molecule has 0 aromatic heterocycles. The molecule has 2 nitrogen and oxygen atoms in total.